The van der Waals surface area contributed by atoms with Gasteiger partial charge in [0.2, 0.25) is 0 Å². The molecule has 0 unspecified atom stereocenters. The van der Waals surface area contributed by atoms with Crippen molar-refractivity contribution in [1.82, 2.24) is 19.1 Å². The van der Waals surface area contributed by atoms with E-state index in [1.165, 1.54) is 11.5 Å². The first-order valence-electron chi connectivity index (χ1n) is 7.13. The average Bonchev–Trinajstić information content (AvgIpc) is 3.19. The van der Waals surface area contributed by atoms with Crippen LogP contribution >= 0.6 is 11.5 Å². The largest absolute Gasteiger partial charge is 0.378 e. The molecular weight excluding hydrogens is 286 g/mol. The van der Waals surface area contributed by atoms with Gasteiger partial charge in [-0.3, -0.25) is 9.48 Å². The second-order valence-corrected chi connectivity index (χ2v) is 6.02. The summed E-state index contributed by atoms with van der Waals surface area (Å²) < 4.78 is 6.19. The van der Waals surface area contributed by atoms with Crippen LogP contribution in [-0.2, 0) is 6.54 Å². The summed E-state index contributed by atoms with van der Waals surface area (Å²) in [4.78, 5) is 14.8. The summed E-state index contributed by atoms with van der Waals surface area (Å²) in [7, 11) is 1.83. The van der Waals surface area contributed by atoms with Crippen LogP contribution in [0.25, 0.3) is 0 Å². The molecular formula is C14H19N5OS. The Labute approximate surface area is 127 Å². The highest BCUT2D eigenvalue weighted by atomic mass is 32.1. The van der Waals surface area contributed by atoms with Gasteiger partial charge in [-0.1, -0.05) is 0 Å². The average molecular weight is 305 g/mol. The van der Waals surface area contributed by atoms with Gasteiger partial charge in [-0.25, -0.2) is 0 Å². The Balaban J connectivity index is 1.81. The van der Waals surface area contributed by atoms with Crippen molar-refractivity contribution in [2.45, 2.75) is 32.4 Å². The molecule has 6 nitrogen and oxygen atoms in total. The Bertz CT molecular complexity index is 621. The monoisotopic (exact) mass is 305 g/mol. The van der Waals surface area contributed by atoms with E-state index in [-0.39, 0.29) is 11.9 Å². The number of hydrogen-bond donors (Lipinski definition) is 1. The van der Waals surface area contributed by atoms with Gasteiger partial charge in [-0.15, -0.1) is 0 Å². The molecule has 112 valence electrons. The molecule has 0 bridgehead atoms. The molecule has 3 rings (SSSR count). The third-order valence-corrected chi connectivity index (χ3v) is 4.85. The smallest absolute Gasteiger partial charge is 0.259 e. The van der Waals surface area contributed by atoms with Crippen LogP contribution in [-0.4, -0.2) is 44.6 Å². The summed E-state index contributed by atoms with van der Waals surface area (Å²) in [6.07, 6.45) is 5.78. The molecule has 21 heavy (non-hydrogen) atoms. The van der Waals surface area contributed by atoms with Crippen LogP contribution in [0.3, 0.4) is 0 Å². The van der Waals surface area contributed by atoms with E-state index in [9.17, 15) is 4.79 Å². The Morgan fingerprint density at radius 3 is 3.14 bits per heavy atom. The molecule has 1 atom stereocenters. The molecule has 1 N–H and O–H groups in total. The molecule has 1 saturated heterocycles. The van der Waals surface area contributed by atoms with Crippen LogP contribution in [0.2, 0.25) is 0 Å². The molecule has 7 heteroatoms. The molecule has 0 saturated carbocycles. The number of carbonyl (C=O) groups is 1. The van der Waals surface area contributed by atoms with Crippen LogP contribution in [0, 0.1) is 6.92 Å². The van der Waals surface area contributed by atoms with Crippen LogP contribution < -0.4 is 5.32 Å². The number of hydrogen-bond acceptors (Lipinski definition) is 5. The van der Waals surface area contributed by atoms with Crippen molar-refractivity contribution in [1.29, 1.82) is 0 Å². The lowest BCUT2D eigenvalue weighted by atomic mass is 10.2. The summed E-state index contributed by atoms with van der Waals surface area (Å²) in [6, 6.07) is 2.12. The second-order valence-electron chi connectivity index (χ2n) is 5.24. The quantitative estimate of drug-likeness (QED) is 0.938. The van der Waals surface area contributed by atoms with Gasteiger partial charge in [0.15, 0.2) is 0 Å². The van der Waals surface area contributed by atoms with Gasteiger partial charge in [-0.05, 0) is 37.4 Å². The zero-order valence-corrected chi connectivity index (χ0v) is 13.1. The van der Waals surface area contributed by atoms with E-state index < -0.39 is 0 Å². The maximum Gasteiger partial charge on any atom is 0.259 e. The Morgan fingerprint density at radius 1 is 1.57 bits per heavy atom. The van der Waals surface area contributed by atoms with Crippen LogP contribution in [0.1, 0.15) is 28.9 Å². The third kappa shape index (κ3) is 2.65. The first-order chi connectivity index (χ1) is 10.2. The van der Waals surface area contributed by atoms with Crippen molar-refractivity contribution in [3.05, 3.63) is 29.7 Å². The molecule has 1 aliphatic heterocycles. The van der Waals surface area contributed by atoms with Crippen LogP contribution in [0.5, 0.6) is 0 Å². The number of nitrogens with zero attached hydrogens (tertiary/aromatic N) is 4. The summed E-state index contributed by atoms with van der Waals surface area (Å²) in [5, 5.41) is 8.17. The highest BCUT2D eigenvalue weighted by molar-refractivity contribution is 7.10. The maximum absolute atomic E-state index is 12.9. The Kier molecular flexibility index (Phi) is 3.92. The van der Waals surface area contributed by atoms with E-state index in [1.54, 1.807) is 6.20 Å². The first-order valence-corrected chi connectivity index (χ1v) is 7.90. The van der Waals surface area contributed by atoms with E-state index in [4.69, 9.17) is 0 Å². The van der Waals surface area contributed by atoms with Crippen molar-refractivity contribution in [2.75, 3.05) is 18.9 Å². The predicted octanol–water partition coefficient (Wildman–Crippen LogP) is 1.99. The fourth-order valence-corrected chi connectivity index (χ4v) is 3.59. The fourth-order valence-electron chi connectivity index (χ4n) is 2.85. The number of rotatable bonds is 4. The molecule has 1 amide bonds. The summed E-state index contributed by atoms with van der Waals surface area (Å²) in [5.41, 5.74) is 1.52. The summed E-state index contributed by atoms with van der Waals surface area (Å²) in [6.45, 7) is 3.45. The highest BCUT2D eigenvalue weighted by Crippen LogP contribution is 2.29. The van der Waals surface area contributed by atoms with Crippen LogP contribution in [0.15, 0.2) is 18.5 Å². The zero-order valence-electron chi connectivity index (χ0n) is 12.2. The van der Waals surface area contributed by atoms with E-state index in [2.05, 4.69) is 14.8 Å². The van der Waals surface area contributed by atoms with Gasteiger partial charge in [0, 0.05) is 26.0 Å². The predicted molar refractivity (Wildman–Crippen MR) is 82.7 cm³/mol. The third-order valence-electron chi connectivity index (χ3n) is 3.90. The Hall–Kier alpha value is -1.89. The molecule has 0 spiro atoms. The maximum atomic E-state index is 12.9. The number of likely N-dealkylation sites (tertiary alicyclic amines) is 1. The number of carbonyl (C=O) groups excluding carboxylic acids is 1. The number of aryl methyl sites for hydroxylation is 1. The molecule has 0 aromatic carbocycles. The number of nitrogens with one attached hydrogen (secondary N) is 1. The molecule has 0 radical (unpaired) electrons. The van der Waals surface area contributed by atoms with Crippen molar-refractivity contribution < 1.29 is 4.79 Å². The minimum absolute atomic E-state index is 0.0836. The number of amides is 1. The molecule has 2 aromatic heterocycles. The molecule has 2 aromatic rings. The van der Waals surface area contributed by atoms with Crippen molar-refractivity contribution in [3.8, 4) is 0 Å². The minimum atomic E-state index is 0.0836. The van der Waals surface area contributed by atoms with E-state index >= 15 is 0 Å². The van der Waals surface area contributed by atoms with Gasteiger partial charge in [0.1, 0.15) is 5.00 Å². The molecule has 1 fully saturated rings. The molecule has 3 heterocycles. The van der Waals surface area contributed by atoms with Crippen molar-refractivity contribution >= 4 is 22.4 Å². The summed E-state index contributed by atoms with van der Waals surface area (Å²) >= 11 is 1.34. The SMILES string of the molecule is CNc1snc(C)c1C(=O)N1CCC[C@@H]1Cn1cccn1. The lowest BCUT2D eigenvalue weighted by Crippen LogP contribution is -2.38. The zero-order chi connectivity index (χ0) is 14.8. The van der Waals surface area contributed by atoms with Gasteiger partial charge in [0.05, 0.1) is 23.8 Å². The molecule has 0 aliphatic carbocycles. The van der Waals surface area contributed by atoms with Gasteiger partial charge >= 0.3 is 0 Å². The first kappa shape index (κ1) is 14.1. The topological polar surface area (TPSA) is 63.1 Å². The van der Waals surface area contributed by atoms with Crippen molar-refractivity contribution in [3.63, 3.8) is 0 Å². The fraction of sp³-hybridized carbons (Fsp3) is 0.500. The van der Waals surface area contributed by atoms with Gasteiger partial charge in [-0.2, -0.15) is 9.47 Å². The standard InChI is InChI=1S/C14H19N5OS/c1-10-12(13(15-2)21-17-10)14(20)19-8-3-5-11(19)9-18-7-4-6-16-18/h4,6-7,11,15H,3,5,8-9H2,1-2H3/t11-/m1/s1. The van der Waals surface area contributed by atoms with E-state index in [0.717, 1.165) is 42.2 Å². The minimum Gasteiger partial charge on any atom is -0.378 e. The molecule has 1 aliphatic rings. The normalized spacial score (nSPS) is 18.2. The number of aromatic nitrogens is 3. The lowest BCUT2D eigenvalue weighted by Gasteiger charge is -2.25. The second kappa shape index (κ2) is 5.85. The van der Waals surface area contributed by atoms with Gasteiger partial charge in [0.25, 0.3) is 5.91 Å². The van der Waals surface area contributed by atoms with E-state index in [0.29, 0.717) is 0 Å². The number of anilines is 1. The summed E-state index contributed by atoms with van der Waals surface area (Å²) in [5.74, 6) is 0.0836. The lowest BCUT2D eigenvalue weighted by molar-refractivity contribution is 0.0722. The van der Waals surface area contributed by atoms with Gasteiger partial charge < -0.3 is 10.2 Å². The van der Waals surface area contributed by atoms with Crippen molar-refractivity contribution in [2.24, 2.45) is 0 Å². The van der Waals surface area contributed by atoms with E-state index in [1.807, 2.05) is 35.8 Å². The highest BCUT2D eigenvalue weighted by Gasteiger charge is 2.32. The Morgan fingerprint density at radius 2 is 2.43 bits per heavy atom. The van der Waals surface area contributed by atoms with Crippen LogP contribution in [0.4, 0.5) is 5.00 Å².